The highest BCUT2D eigenvalue weighted by Crippen LogP contribution is 2.35. The van der Waals surface area contributed by atoms with E-state index in [1.165, 1.54) is 22.2 Å². The van der Waals surface area contributed by atoms with Crippen molar-refractivity contribution in [2.75, 3.05) is 7.05 Å². The first-order valence-electron chi connectivity index (χ1n) is 8.17. The lowest BCUT2D eigenvalue weighted by Crippen LogP contribution is -2.23. The number of carbonyl (C=O) groups is 1. The number of nitrogens with zero attached hydrogens (tertiary/aromatic N) is 2. The van der Waals surface area contributed by atoms with Crippen LogP contribution in [0.4, 0.5) is 5.69 Å². The number of thiophene rings is 1. The molecular formula is C21H16N2OS2. The number of para-hydroxylation sites is 1. The van der Waals surface area contributed by atoms with Crippen LogP contribution in [-0.2, 0) is 4.79 Å². The lowest BCUT2D eigenvalue weighted by Gasteiger charge is -2.06. The predicted octanol–water partition coefficient (Wildman–Crippen LogP) is 5.65. The van der Waals surface area contributed by atoms with Gasteiger partial charge in [-0.2, -0.15) is 0 Å². The van der Waals surface area contributed by atoms with E-state index in [4.69, 9.17) is 0 Å². The fraction of sp³-hybridized carbons (Fsp3) is 0.0476. The highest BCUT2D eigenvalue weighted by molar-refractivity contribution is 8.18. The normalized spacial score (nSPS) is 17.4. The average molecular weight is 377 g/mol. The van der Waals surface area contributed by atoms with Gasteiger partial charge in [-0.05, 0) is 47.7 Å². The molecule has 0 saturated carbocycles. The molecule has 0 atom stereocenters. The molecule has 3 aromatic rings. The van der Waals surface area contributed by atoms with E-state index >= 15 is 0 Å². The second kappa shape index (κ2) is 7.32. The van der Waals surface area contributed by atoms with E-state index in [2.05, 4.69) is 29.3 Å². The van der Waals surface area contributed by atoms with E-state index in [-0.39, 0.29) is 5.91 Å². The topological polar surface area (TPSA) is 32.7 Å². The minimum atomic E-state index is -0.0145. The van der Waals surface area contributed by atoms with Crippen molar-refractivity contribution in [3.05, 3.63) is 82.6 Å². The van der Waals surface area contributed by atoms with Crippen LogP contribution in [0.2, 0.25) is 0 Å². The number of likely N-dealkylation sites (N-methyl/N-ethyl adjacent to an activating group) is 1. The van der Waals surface area contributed by atoms with Crippen molar-refractivity contribution in [2.24, 2.45) is 4.99 Å². The fourth-order valence-corrected chi connectivity index (χ4v) is 4.59. The number of amidine groups is 1. The Morgan fingerprint density at radius 3 is 2.35 bits per heavy atom. The SMILES string of the molecule is CN1C(=O)/C(=C/c2ccc(-c3ccccc3)s2)S/C1=N/c1ccccc1. The van der Waals surface area contributed by atoms with Crippen molar-refractivity contribution in [3.8, 4) is 10.4 Å². The monoisotopic (exact) mass is 376 g/mol. The van der Waals surface area contributed by atoms with Gasteiger partial charge in [-0.3, -0.25) is 9.69 Å². The molecule has 5 heteroatoms. The summed E-state index contributed by atoms with van der Waals surface area (Å²) in [5, 5.41) is 0.701. The summed E-state index contributed by atoms with van der Waals surface area (Å²) in [5.74, 6) is -0.0145. The van der Waals surface area contributed by atoms with Gasteiger partial charge in [-0.15, -0.1) is 11.3 Å². The molecule has 26 heavy (non-hydrogen) atoms. The Morgan fingerprint density at radius 1 is 0.923 bits per heavy atom. The quantitative estimate of drug-likeness (QED) is 0.553. The minimum absolute atomic E-state index is 0.0145. The van der Waals surface area contributed by atoms with Gasteiger partial charge in [0.2, 0.25) is 0 Å². The molecule has 1 aromatic heterocycles. The fourth-order valence-electron chi connectivity index (χ4n) is 2.58. The van der Waals surface area contributed by atoms with E-state index < -0.39 is 0 Å². The van der Waals surface area contributed by atoms with Crippen LogP contribution >= 0.6 is 23.1 Å². The van der Waals surface area contributed by atoms with Crippen LogP contribution in [-0.4, -0.2) is 23.0 Å². The van der Waals surface area contributed by atoms with Crippen LogP contribution in [0.5, 0.6) is 0 Å². The zero-order chi connectivity index (χ0) is 17.9. The second-order valence-electron chi connectivity index (χ2n) is 5.77. The first-order valence-corrected chi connectivity index (χ1v) is 9.80. The van der Waals surface area contributed by atoms with Gasteiger partial charge in [0.15, 0.2) is 5.17 Å². The first-order chi connectivity index (χ1) is 12.7. The molecule has 2 heterocycles. The summed E-state index contributed by atoms with van der Waals surface area (Å²) in [6, 6.07) is 24.1. The molecule has 3 nitrogen and oxygen atoms in total. The Morgan fingerprint density at radius 2 is 1.62 bits per heavy atom. The number of carbonyl (C=O) groups excluding carboxylic acids is 1. The molecule has 1 amide bonds. The molecule has 1 fully saturated rings. The molecule has 2 aromatic carbocycles. The number of rotatable bonds is 3. The number of hydrogen-bond donors (Lipinski definition) is 0. The summed E-state index contributed by atoms with van der Waals surface area (Å²) < 4.78 is 0. The maximum atomic E-state index is 12.5. The molecule has 1 aliphatic heterocycles. The molecular weight excluding hydrogens is 360 g/mol. The molecule has 1 aliphatic rings. The Kier molecular flexibility index (Phi) is 4.73. The summed E-state index contributed by atoms with van der Waals surface area (Å²) in [5.41, 5.74) is 2.04. The molecule has 0 unspecified atom stereocenters. The lowest BCUT2D eigenvalue weighted by molar-refractivity contribution is -0.121. The minimum Gasteiger partial charge on any atom is -0.290 e. The van der Waals surface area contributed by atoms with Crippen LogP contribution in [0.15, 0.2) is 82.7 Å². The van der Waals surface area contributed by atoms with E-state index in [1.54, 1.807) is 23.3 Å². The first kappa shape index (κ1) is 16.8. The molecule has 0 bridgehead atoms. The van der Waals surface area contributed by atoms with Crippen molar-refractivity contribution in [1.82, 2.24) is 4.90 Å². The van der Waals surface area contributed by atoms with Gasteiger partial charge >= 0.3 is 0 Å². The summed E-state index contributed by atoms with van der Waals surface area (Å²) >= 11 is 3.10. The van der Waals surface area contributed by atoms with Crippen LogP contribution in [0.1, 0.15) is 4.88 Å². The molecule has 1 saturated heterocycles. The third kappa shape index (κ3) is 3.49. The average Bonchev–Trinajstić information content (AvgIpc) is 3.25. The van der Waals surface area contributed by atoms with Gasteiger partial charge in [0.05, 0.1) is 10.6 Å². The van der Waals surface area contributed by atoms with Crippen molar-refractivity contribution in [1.29, 1.82) is 0 Å². The third-order valence-electron chi connectivity index (χ3n) is 3.94. The van der Waals surface area contributed by atoms with Gasteiger partial charge in [0, 0.05) is 16.8 Å². The molecule has 0 aliphatic carbocycles. The van der Waals surface area contributed by atoms with E-state index in [0.29, 0.717) is 10.1 Å². The van der Waals surface area contributed by atoms with Crippen molar-refractivity contribution >= 4 is 45.9 Å². The van der Waals surface area contributed by atoms with E-state index in [0.717, 1.165) is 10.6 Å². The lowest BCUT2D eigenvalue weighted by atomic mass is 10.2. The van der Waals surface area contributed by atoms with Crippen LogP contribution in [0, 0.1) is 0 Å². The van der Waals surface area contributed by atoms with Gasteiger partial charge in [0.25, 0.3) is 5.91 Å². The predicted molar refractivity (Wildman–Crippen MR) is 112 cm³/mol. The van der Waals surface area contributed by atoms with Gasteiger partial charge in [0.1, 0.15) is 0 Å². The Balaban J connectivity index is 1.59. The summed E-state index contributed by atoms with van der Waals surface area (Å²) in [4.78, 5) is 21.7. The molecule has 0 N–H and O–H groups in total. The van der Waals surface area contributed by atoms with Gasteiger partial charge in [-0.25, -0.2) is 4.99 Å². The van der Waals surface area contributed by atoms with Gasteiger partial charge < -0.3 is 0 Å². The standard InChI is InChI=1S/C21H16N2OS2/c1-23-20(24)19(26-21(23)22-16-10-6-3-7-11-16)14-17-12-13-18(25-17)15-8-4-2-5-9-15/h2-14H,1H3/b19-14-,22-21+. The molecule has 128 valence electrons. The van der Waals surface area contributed by atoms with Crippen LogP contribution in [0.3, 0.4) is 0 Å². The number of amides is 1. The van der Waals surface area contributed by atoms with Crippen molar-refractivity contribution < 1.29 is 4.79 Å². The smallest absolute Gasteiger partial charge is 0.266 e. The maximum absolute atomic E-state index is 12.5. The van der Waals surface area contributed by atoms with E-state index in [1.807, 2.05) is 54.6 Å². The number of benzene rings is 2. The van der Waals surface area contributed by atoms with Gasteiger partial charge in [-0.1, -0.05) is 48.5 Å². The molecule has 0 spiro atoms. The molecule has 4 rings (SSSR count). The van der Waals surface area contributed by atoms with E-state index in [9.17, 15) is 4.79 Å². The maximum Gasteiger partial charge on any atom is 0.266 e. The zero-order valence-electron chi connectivity index (χ0n) is 14.1. The third-order valence-corrected chi connectivity index (χ3v) is 6.08. The number of thioether (sulfide) groups is 1. The number of hydrogen-bond acceptors (Lipinski definition) is 4. The Bertz CT molecular complexity index is 991. The Hall–Kier alpha value is -2.63. The summed E-state index contributed by atoms with van der Waals surface area (Å²) in [6.45, 7) is 0. The summed E-state index contributed by atoms with van der Waals surface area (Å²) in [6.07, 6.45) is 1.95. The van der Waals surface area contributed by atoms with Crippen LogP contribution < -0.4 is 0 Å². The van der Waals surface area contributed by atoms with Crippen molar-refractivity contribution in [2.45, 2.75) is 0 Å². The van der Waals surface area contributed by atoms with Crippen molar-refractivity contribution in [3.63, 3.8) is 0 Å². The number of aliphatic imine (C=N–C) groups is 1. The largest absolute Gasteiger partial charge is 0.290 e. The second-order valence-corrected chi connectivity index (χ2v) is 7.90. The Labute approximate surface area is 160 Å². The highest BCUT2D eigenvalue weighted by Gasteiger charge is 2.30. The zero-order valence-corrected chi connectivity index (χ0v) is 15.8. The molecule has 0 radical (unpaired) electrons. The van der Waals surface area contributed by atoms with Crippen LogP contribution in [0.25, 0.3) is 16.5 Å². The summed E-state index contributed by atoms with van der Waals surface area (Å²) in [7, 11) is 1.77. The highest BCUT2D eigenvalue weighted by atomic mass is 32.2.